The van der Waals surface area contributed by atoms with Gasteiger partial charge in [0.1, 0.15) is 0 Å². The van der Waals surface area contributed by atoms with Crippen molar-refractivity contribution in [2.45, 2.75) is 27.7 Å². The van der Waals surface area contributed by atoms with Gasteiger partial charge in [0.25, 0.3) is 0 Å². The van der Waals surface area contributed by atoms with Crippen LogP contribution in [0.2, 0.25) is 0 Å². The minimum absolute atomic E-state index is 0.687. The molecule has 0 radical (unpaired) electrons. The summed E-state index contributed by atoms with van der Waals surface area (Å²) in [6, 6.07) is 0. The fourth-order valence-electron chi connectivity index (χ4n) is 4.11. The molecule has 0 aliphatic carbocycles. The van der Waals surface area contributed by atoms with Gasteiger partial charge in [0.15, 0.2) is 0 Å². The van der Waals surface area contributed by atoms with E-state index in [4.69, 9.17) is 9.98 Å². The molecule has 4 heterocycles. The van der Waals surface area contributed by atoms with E-state index in [0.717, 1.165) is 59.7 Å². The lowest BCUT2D eigenvalue weighted by Gasteiger charge is -2.17. The van der Waals surface area contributed by atoms with Crippen LogP contribution in [0.1, 0.15) is 27.7 Å². The topological polar surface area (TPSA) is 62.1 Å². The predicted octanol–water partition coefficient (Wildman–Crippen LogP) is 4.80. The number of rotatable bonds is 10. The van der Waals surface area contributed by atoms with Crippen LogP contribution in [0.25, 0.3) is 0 Å². The molecule has 8 nitrogen and oxygen atoms in total. The Balaban J connectivity index is 1.34. The summed E-state index contributed by atoms with van der Waals surface area (Å²) in [4.78, 5) is 22.5. The molecule has 0 aromatic rings. The minimum Gasteiger partial charge on any atom is -0.359 e. The smallest absolute Gasteiger partial charge is 0.0979 e. The summed E-state index contributed by atoms with van der Waals surface area (Å²) in [5.74, 6) is 0. The van der Waals surface area contributed by atoms with Crippen LogP contribution in [0.3, 0.4) is 0 Å². The number of hydrogen-bond donors (Lipinski definition) is 1. The quantitative estimate of drug-likeness (QED) is 0.348. The molecule has 4 rings (SSSR count). The van der Waals surface area contributed by atoms with E-state index < -0.39 is 0 Å². The molecule has 0 amide bonds. The molecule has 4 aliphatic heterocycles. The first kappa shape index (κ1) is 25.8. The molecule has 0 fully saturated rings. The summed E-state index contributed by atoms with van der Waals surface area (Å²) in [7, 11) is 0. The third kappa shape index (κ3) is 7.10. The zero-order chi connectivity index (χ0) is 26.2. The Kier molecular flexibility index (Phi) is 8.40. The maximum absolute atomic E-state index is 4.77. The average molecular weight is 497 g/mol. The van der Waals surface area contributed by atoms with Gasteiger partial charge in [-0.2, -0.15) is 0 Å². The van der Waals surface area contributed by atoms with Crippen LogP contribution in [0.15, 0.2) is 124 Å². The SMILES string of the molecule is C=C/C(=C/N1C=CN(/C=C2/C=CC(C3=N/C(=C\N4C=CN(CC)C4)C=C3)=N2)C1)N/C(C)=C\C(C)=NCC. The monoisotopic (exact) mass is 496 g/mol. The average Bonchev–Trinajstić information content (AvgIpc) is 3.67. The highest BCUT2D eigenvalue weighted by atomic mass is 15.3. The first-order valence-electron chi connectivity index (χ1n) is 12.6. The van der Waals surface area contributed by atoms with Gasteiger partial charge in [-0.05, 0) is 64.2 Å². The van der Waals surface area contributed by atoms with Gasteiger partial charge in [-0.15, -0.1) is 0 Å². The van der Waals surface area contributed by atoms with Crippen LogP contribution >= 0.6 is 0 Å². The summed E-state index contributed by atoms with van der Waals surface area (Å²) in [6.07, 6.45) is 26.3. The Bertz CT molecular complexity index is 1230. The molecule has 1 N–H and O–H groups in total. The zero-order valence-electron chi connectivity index (χ0n) is 22.2. The van der Waals surface area contributed by atoms with E-state index in [1.165, 1.54) is 0 Å². The van der Waals surface area contributed by atoms with E-state index in [2.05, 4.69) is 62.0 Å². The molecule has 192 valence electrons. The molecule has 0 aromatic carbocycles. The normalized spacial score (nSPS) is 21.9. The highest BCUT2D eigenvalue weighted by molar-refractivity contribution is 6.52. The van der Waals surface area contributed by atoms with Crippen LogP contribution in [0.5, 0.6) is 0 Å². The van der Waals surface area contributed by atoms with Gasteiger partial charge in [0.2, 0.25) is 0 Å². The second kappa shape index (κ2) is 12.1. The van der Waals surface area contributed by atoms with Gasteiger partial charge in [-0.3, -0.25) is 4.99 Å². The second-order valence-electron chi connectivity index (χ2n) is 8.95. The van der Waals surface area contributed by atoms with Gasteiger partial charge in [-0.25, -0.2) is 9.98 Å². The molecule has 8 heteroatoms. The maximum atomic E-state index is 4.77. The molecular formula is C29H36N8. The molecule has 0 saturated carbocycles. The van der Waals surface area contributed by atoms with Crippen molar-refractivity contribution in [3.63, 3.8) is 0 Å². The number of allylic oxidation sites excluding steroid dienone is 7. The lowest BCUT2D eigenvalue weighted by Crippen LogP contribution is -2.21. The van der Waals surface area contributed by atoms with Crippen molar-refractivity contribution < 1.29 is 0 Å². The fourth-order valence-corrected chi connectivity index (χ4v) is 4.11. The molecule has 0 aromatic heterocycles. The summed E-state index contributed by atoms with van der Waals surface area (Å²) in [5, 5.41) is 3.39. The Morgan fingerprint density at radius 3 is 2.14 bits per heavy atom. The van der Waals surface area contributed by atoms with Gasteiger partial charge >= 0.3 is 0 Å². The molecule has 4 aliphatic rings. The highest BCUT2D eigenvalue weighted by Gasteiger charge is 2.16. The highest BCUT2D eigenvalue weighted by Crippen LogP contribution is 2.19. The van der Waals surface area contributed by atoms with Crippen molar-refractivity contribution in [2.75, 3.05) is 26.4 Å². The number of nitrogens with zero attached hydrogens (tertiary/aromatic N) is 7. The summed E-state index contributed by atoms with van der Waals surface area (Å²) >= 11 is 0. The van der Waals surface area contributed by atoms with E-state index in [1.54, 1.807) is 0 Å². The lowest BCUT2D eigenvalue weighted by atomic mass is 10.2. The van der Waals surface area contributed by atoms with Gasteiger partial charge in [0.05, 0.1) is 41.9 Å². The van der Waals surface area contributed by atoms with E-state index in [-0.39, 0.29) is 0 Å². The lowest BCUT2D eigenvalue weighted by molar-refractivity contribution is 0.326. The predicted molar refractivity (Wildman–Crippen MR) is 154 cm³/mol. The van der Waals surface area contributed by atoms with Crippen molar-refractivity contribution in [2.24, 2.45) is 15.0 Å². The maximum Gasteiger partial charge on any atom is 0.0979 e. The minimum atomic E-state index is 0.687. The van der Waals surface area contributed by atoms with Crippen molar-refractivity contribution >= 4 is 17.1 Å². The Labute approximate surface area is 220 Å². The van der Waals surface area contributed by atoms with Crippen LogP contribution < -0.4 is 5.32 Å². The molecular weight excluding hydrogens is 460 g/mol. The van der Waals surface area contributed by atoms with E-state index in [1.807, 2.05) is 82.0 Å². The van der Waals surface area contributed by atoms with E-state index in [9.17, 15) is 0 Å². The van der Waals surface area contributed by atoms with E-state index >= 15 is 0 Å². The third-order valence-corrected chi connectivity index (χ3v) is 5.88. The molecule has 0 saturated heterocycles. The van der Waals surface area contributed by atoms with Gasteiger partial charge in [-0.1, -0.05) is 6.58 Å². The van der Waals surface area contributed by atoms with Crippen LogP contribution in [-0.2, 0) is 0 Å². The fraction of sp³-hybridized carbons (Fsp3) is 0.276. The summed E-state index contributed by atoms with van der Waals surface area (Å²) < 4.78 is 0. The van der Waals surface area contributed by atoms with Crippen molar-refractivity contribution in [3.8, 4) is 0 Å². The number of nitrogens with one attached hydrogen (secondary N) is 1. The van der Waals surface area contributed by atoms with Crippen molar-refractivity contribution in [1.29, 1.82) is 0 Å². The first-order chi connectivity index (χ1) is 17.9. The van der Waals surface area contributed by atoms with Crippen LogP contribution in [0.4, 0.5) is 0 Å². The standard InChI is InChI=1S/C29H36N8/c1-6-25(31-24(5)17-23(4)30-7-2)18-35-15-16-37(22-35)20-27-10-12-29(33-27)28-11-9-26(32-28)19-36-14-13-34(8-3)21-36/h6,9-20,31H,1,7-8,21-22H2,2-5H3/b24-17-,25-18-,26-19-,27-20-,30-23?. The Morgan fingerprint density at radius 2 is 1.54 bits per heavy atom. The Morgan fingerprint density at radius 1 is 0.919 bits per heavy atom. The van der Waals surface area contributed by atoms with Crippen molar-refractivity contribution in [3.05, 3.63) is 109 Å². The van der Waals surface area contributed by atoms with Gasteiger partial charge in [0, 0.05) is 67.9 Å². The largest absolute Gasteiger partial charge is 0.359 e. The summed E-state index contributed by atoms with van der Waals surface area (Å²) in [5.41, 5.74) is 6.51. The first-order valence-corrected chi connectivity index (χ1v) is 12.6. The van der Waals surface area contributed by atoms with E-state index in [0.29, 0.717) is 6.67 Å². The summed E-state index contributed by atoms with van der Waals surface area (Å²) in [6.45, 7) is 15.5. The molecule has 0 spiro atoms. The second-order valence-corrected chi connectivity index (χ2v) is 8.95. The molecule has 37 heavy (non-hydrogen) atoms. The van der Waals surface area contributed by atoms with Crippen LogP contribution in [0, 0.1) is 0 Å². The molecule has 0 atom stereocenters. The van der Waals surface area contributed by atoms with Gasteiger partial charge < -0.3 is 24.9 Å². The molecule has 0 bridgehead atoms. The van der Waals surface area contributed by atoms with Crippen LogP contribution in [-0.4, -0.2) is 63.2 Å². The number of aliphatic imine (C=N–C) groups is 3. The molecule has 0 unspecified atom stereocenters. The van der Waals surface area contributed by atoms with Crippen molar-refractivity contribution in [1.82, 2.24) is 24.9 Å². The third-order valence-electron chi connectivity index (χ3n) is 5.88. The zero-order valence-corrected chi connectivity index (χ0v) is 22.2. The Hall–Kier alpha value is -4.33. The number of hydrogen-bond acceptors (Lipinski definition) is 8.